The first-order chi connectivity index (χ1) is 14.5. The first-order valence-corrected chi connectivity index (χ1v) is 10.6. The van der Waals surface area contributed by atoms with Gasteiger partial charge in [0.1, 0.15) is 17.3 Å². The quantitative estimate of drug-likeness (QED) is 0.599. The number of rotatable bonds is 6. The minimum absolute atomic E-state index is 0.0510. The van der Waals surface area contributed by atoms with E-state index in [0.29, 0.717) is 24.2 Å². The summed E-state index contributed by atoms with van der Waals surface area (Å²) in [6, 6.07) is 13.3. The SMILES string of the molecule is CCN(C(=O)c1cc2cc(F)ccc2[nH]1)[C@H]1CCC[C@@H](NCc2cccc(F)c2)C1. The van der Waals surface area contributed by atoms with Crippen LogP contribution in [-0.2, 0) is 6.54 Å². The van der Waals surface area contributed by atoms with Crippen LogP contribution in [0.3, 0.4) is 0 Å². The molecule has 0 bridgehead atoms. The van der Waals surface area contributed by atoms with Crippen LogP contribution in [-0.4, -0.2) is 34.4 Å². The van der Waals surface area contributed by atoms with Crippen LogP contribution in [0.4, 0.5) is 8.78 Å². The summed E-state index contributed by atoms with van der Waals surface area (Å²) in [5.41, 5.74) is 2.17. The molecule has 30 heavy (non-hydrogen) atoms. The number of nitrogens with one attached hydrogen (secondary N) is 2. The molecule has 2 aromatic carbocycles. The van der Waals surface area contributed by atoms with Gasteiger partial charge in [-0.25, -0.2) is 8.78 Å². The lowest BCUT2D eigenvalue weighted by Gasteiger charge is -2.37. The van der Waals surface area contributed by atoms with E-state index in [2.05, 4.69) is 10.3 Å². The lowest BCUT2D eigenvalue weighted by atomic mass is 9.89. The third-order valence-corrected chi connectivity index (χ3v) is 5.99. The zero-order valence-electron chi connectivity index (χ0n) is 17.1. The zero-order valence-corrected chi connectivity index (χ0v) is 17.1. The number of benzene rings is 2. The minimum atomic E-state index is -0.313. The smallest absolute Gasteiger partial charge is 0.270 e. The van der Waals surface area contributed by atoms with Crippen molar-refractivity contribution in [2.75, 3.05) is 6.54 Å². The standard InChI is InChI=1S/C24H27F2N3O/c1-2-29(24(30)23-13-17-12-19(26)9-10-22(17)28-23)21-8-4-7-20(14-21)27-15-16-5-3-6-18(25)11-16/h3,5-6,9-13,20-21,27-28H,2,4,7-8,14-15H2,1H3/t20-,21+/m1/s1. The number of nitrogens with zero attached hydrogens (tertiary/aromatic N) is 1. The molecule has 0 saturated heterocycles. The fourth-order valence-corrected chi connectivity index (χ4v) is 4.48. The van der Waals surface area contributed by atoms with E-state index in [9.17, 15) is 13.6 Å². The van der Waals surface area contributed by atoms with Gasteiger partial charge >= 0.3 is 0 Å². The van der Waals surface area contributed by atoms with Gasteiger partial charge in [-0.2, -0.15) is 0 Å². The van der Waals surface area contributed by atoms with Crippen LogP contribution in [0, 0.1) is 11.6 Å². The Hall–Kier alpha value is -2.73. The van der Waals surface area contributed by atoms with Gasteiger partial charge < -0.3 is 15.2 Å². The van der Waals surface area contributed by atoms with Gasteiger partial charge in [-0.1, -0.05) is 12.1 Å². The lowest BCUT2D eigenvalue weighted by molar-refractivity contribution is 0.0623. The second-order valence-corrected chi connectivity index (χ2v) is 8.03. The molecule has 0 unspecified atom stereocenters. The molecular weight excluding hydrogens is 384 g/mol. The fraction of sp³-hybridized carbons (Fsp3) is 0.375. The Bertz CT molecular complexity index is 1030. The molecule has 1 aliphatic rings. The molecule has 6 heteroatoms. The number of carbonyl (C=O) groups is 1. The van der Waals surface area contributed by atoms with Gasteiger partial charge in [-0.3, -0.25) is 4.79 Å². The Balaban J connectivity index is 1.43. The maximum absolute atomic E-state index is 13.5. The van der Waals surface area contributed by atoms with Crippen molar-refractivity contribution in [3.63, 3.8) is 0 Å². The second kappa shape index (κ2) is 8.96. The number of H-pyrrole nitrogens is 1. The van der Waals surface area contributed by atoms with Gasteiger partial charge in [0.15, 0.2) is 0 Å². The number of amides is 1. The summed E-state index contributed by atoms with van der Waals surface area (Å²) in [7, 11) is 0. The highest BCUT2D eigenvalue weighted by Crippen LogP contribution is 2.26. The summed E-state index contributed by atoms with van der Waals surface area (Å²) in [4.78, 5) is 18.2. The van der Waals surface area contributed by atoms with Crippen LogP contribution in [0.2, 0.25) is 0 Å². The minimum Gasteiger partial charge on any atom is -0.351 e. The molecule has 1 fully saturated rings. The van der Waals surface area contributed by atoms with Crippen molar-refractivity contribution in [3.8, 4) is 0 Å². The third-order valence-electron chi connectivity index (χ3n) is 5.99. The molecule has 2 N–H and O–H groups in total. The molecule has 0 spiro atoms. The Kier molecular flexibility index (Phi) is 6.13. The predicted octanol–water partition coefficient (Wildman–Crippen LogP) is 5.01. The van der Waals surface area contributed by atoms with E-state index < -0.39 is 0 Å². The van der Waals surface area contributed by atoms with Crippen molar-refractivity contribution in [2.45, 2.75) is 51.2 Å². The molecule has 4 rings (SSSR count). The molecule has 3 aromatic rings. The van der Waals surface area contributed by atoms with Gasteiger partial charge in [-0.05, 0) is 74.6 Å². The summed E-state index contributed by atoms with van der Waals surface area (Å²) in [5, 5.41) is 4.23. The zero-order chi connectivity index (χ0) is 21.1. The number of halogens is 2. The molecule has 1 aromatic heterocycles. The predicted molar refractivity (Wildman–Crippen MR) is 114 cm³/mol. The molecule has 1 saturated carbocycles. The van der Waals surface area contributed by atoms with E-state index in [1.54, 1.807) is 24.3 Å². The molecule has 1 heterocycles. The summed E-state index contributed by atoms with van der Waals surface area (Å²) in [6.45, 7) is 3.22. The Morgan fingerprint density at radius 2 is 1.97 bits per heavy atom. The highest BCUT2D eigenvalue weighted by molar-refractivity contribution is 5.98. The lowest BCUT2D eigenvalue weighted by Crippen LogP contribution is -2.46. The molecule has 4 nitrogen and oxygen atoms in total. The summed E-state index contributed by atoms with van der Waals surface area (Å²) < 4.78 is 26.9. The number of hydrogen-bond acceptors (Lipinski definition) is 2. The van der Waals surface area contributed by atoms with Crippen molar-refractivity contribution in [1.29, 1.82) is 0 Å². The Labute approximate surface area is 175 Å². The van der Waals surface area contributed by atoms with E-state index in [1.807, 2.05) is 17.9 Å². The van der Waals surface area contributed by atoms with E-state index in [4.69, 9.17) is 0 Å². The van der Waals surface area contributed by atoms with E-state index in [1.165, 1.54) is 18.2 Å². The summed E-state index contributed by atoms with van der Waals surface area (Å²) >= 11 is 0. The van der Waals surface area contributed by atoms with Crippen molar-refractivity contribution in [2.24, 2.45) is 0 Å². The maximum atomic E-state index is 13.5. The van der Waals surface area contributed by atoms with Crippen molar-refractivity contribution < 1.29 is 13.6 Å². The number of fused-ring (bicyclic) bond motifs is 1. The van der Waals surface area contributed by atoms with Crippen molar-refractivity contribution >= 4 is 16.8 Å². The van der Waals surface area contributed by atoms with Gasteiger partial charge in [0.2, 0.25) is 0 Å². The average Bonchev–Trinajstić information content (AvgIpc) is 3.16. The number of aromatic amines is 1. The largest absolute Gasteiger partial charge is 0.351 e. The van der Waals surface area contributed by atoms with E-state index in [-0.39, 0.29) is 29.6 Å². The number of hydrogen-bond donors (Lipinski definition) is 2. The molecule has 2 atom stereocenters. The van der Waals surface area contributed by atoms with Gasteiger partial charge in [0.05, 0.1) is 0 Å². The summed E-state index contributed by atoms with van der Waals surface area (Å²) in [5.74, 6) is -0.589. The van der Waals surface area contributed by atoms with Crippen LogP contribution in [0.1, 0.15) is 48.7 Å². The Morgan fingerprint density at radius 3 is 2.77 bits per heavy atom. The van der Waals surface area contributed by atoms with Crippen LogP contribution in [0.25, 0.3) is 10.9 Å². The number of carbonyl (C=O) groups excluding carboxylic acids is 1. The highest BCUT2D eigenvalue weighted by atomic mass is 19.1. The molecule has 0 radical (unpaired) electrons. The monoisotopic (exact) mass is 411 g/mol. The highest BCUT2D eigenvalue weighted by Gasteiger charge is 2.29. The van der Waals surface area contributed by atoms with E-state index >= 15 is 0 Å². The molecule has 0 aliphatic heterocycles. The van der Waals surface area contributed by atoms with E-state index in [0.717, 1.165) is 36.8 Å². The van der Waals surface area contributed by atoms with Crippen molar-refractivity contribution in [3.05, 3.63) is 71.4 Å². The molecule has 158 valence electrons. The maximum Gasteiger partial charge on any atom is 0.270 e. The van der Waals surface area contributed by atoms with Crippen LogP contribution in [0.15, 0.2) is 48.5 Å². The average molecular weight is 411 g/mol. The van der Waals surface area contributed by atoms with Gasteiger partial charge in [0.25, 0.3) is 5.91 Å². The Morgan fingerprint density at radius 1 is 1.13 bits per heavy atom. The first-order valence-electron chi connectivity index (χ1n) is 10.6. The topological polar surface area (TPSA) is 48.1 Å². The molecule has 1 aliphatic carbocycles. The van der Waals surface area contributed by atoms with Gasteiger partial charge in [0, 0.05) is 36.1 Å². The summed E-state index contributed by atoms with van der Waals surface area (Å²) in [6.07, 6.45) is 3.91. The van der Waals surface area contributed by atoms with Crippen molar-refractivity contribution in [1.82, 2.24) is 15.2 Å². The fourth-order valence-electron chi connectivity index (χ4n) is 4.48. The second-order valence-electron chi connectivity index (χ2n) is 8.03. The third kappa shape index (κ3) is 4.54. The van der Waals surface area contributed by atoms with Crippen LogP contribution in [0.5, 0.6) is 0 Å². The van der Waals surface area contributed by atoms with Crippen LogP contribution >= 0.6 is 0 Å². The molecule has 1 amide bonds. The number of aromatic nitrogens is 1. The molecular formula is C24H27F2N3O. The first kappa shape index (κ1) is 20.5. The van der Waals surface area contributed by atoms with Gasteiger partial charge in [-0.15, -0.1) is 0 Å². The normalized spacial score (nSPS) is 19.2. The van der Waals surface area contributed by atoms with Crippen LogP contribution < -0.4 is 5.32 Å².